The highest BCUT2D eigenvalue weighted by Gasteiger charge is 2.24. The fourth-order valence-electron chi connectivity index (χ4n) is 3.65. The molecule has 1 heterocycles. The number of benzene rings is 2. The molecule has 1 aliphatic rings. The number of nitrogens with zero attached hydrogens (tertiary/aromatic N) is 1. The maximum atomic E-state index is 5.90. The van der Waals surface area contributed by atoms with Gasteiger partial charge in [0, 0.05) is 6.42 Å². The van der Waals surface area contributed by atoms with E-state index in [1.165, 1.54) is 32.1 Å². The van der Waals surface area contributed by atoms with Gasteiger partial charge < -0.3 is 14.3 Å². The molecule has 0 bridgehead atoms. The van der Waals surface area contributed by atoms with Gasteiger partial charge in [0.25, 0.3) is 0 Å². The maximum absolute atomic E-state index is 5.90. The molecule has 2 aromatic carbocycles. The minimum Gasteiger partial charge on any atom is -0.494 e. The third-order valence-electron chi connectivity index (χ3n) is 5.30. The summed E-state index contributed by atoms with van der Waals surface area (Å²) >= 11 is 0. The van der Waals surface area contributed by atoms with Crippen LogP contribution in [0.2, 0.25) is 0 Å². The summed E-state index contributed by atoms with van der Waals surface area (Å²) in [7, 11) is 0. The molecule has 0 fully saturated rings. The molecule has 2 aromatic rings. The van der Waals surface area contributed by atoms with Gasteiger partial charge >= 0.3 is 0 Å². The van der Waals surface area contributed by atoms with Gasteiger partial charge in [0.1, 0.15) is 17.1 Å². The van der Waals surface area contributed by atoms with Crippen molar-refractivity contribution >= 4 is 5.71 Å². The Kier molecular flexibility index (Phi) is 8.39. The van der Waals surface area contributed by atoms with Crippen molar-refractivity contribution in [3.05, 3.63) is 59.7 Å². The summed E-state index contributed by atoms with van der Waals surface area (Å²) in [5.41, 5.74) is 2.97. The summed E-state index contributed by atoms with van der Waals surface area (Å²) < 4.78 is 11.8. The zero-order valence-corrected chi connectivity index (χ0v) is 19.5. The minimum atomic E-state index is -0.202. The van der Waals surface area contributed by atoms with Crippen molar-refractivity contribution in [1.82, 2.24) is 0 Å². The highest BCUT2D eigenvalue weighted by Crippen LogP contribution is 2.31. The van der Waals surface area contributed by atoms with Crippen LogP contribution in [0.1, 0.15) is 89.9 Å². The molecular weight excluding hydrogens is 386 g/mol. The third-order valence-corrected chi connectivity index (χ3v) is 5.30. The van der Waals surface area contributed by atoms with Gasteiger partial charge in [-0.15, -0.1) is 0 Å². The van der Waals surface area contributed by atoms with E-state index in [1.807, 2.05) is 45.0 Å². The quantitative estimate of drug-likeness (QED) is 0.352. The summed E-state index contributed by atoms with van der Waals surface area (Å²) in [5.74, 6) is 1.79. The number of rotatable bonds is 11. The highest BCUT2D eigenvalue weighted by molar-refractivity contribution is 6.01. The van der Waals surface area contributed by atoms with Crippen molar-refractivity contribution in [2.45, 2.75) is 84.3 Å². The smallest absolute Gasteiger partial charge is 0.158 e. The van der Waals surface area contributed by atoms with Crippen LogP contribution in [0.15, 0.2) is 53.7 Å². The Morgan fingerprint density at radius 1 is 0.871 bits per heavy atom. The van der Waals surface area contributed by atoms with E-state index in [0.29, 0.717) is 0 Å². The van der Waals surface area contributed by atoms with Crippen LogP contribution >= 0.6 is 0 Å². The van der Waals surface area contributed by atoms with Gasteiger partial charge in [-0.2, -0.15) is 0 Å². The van der Waals surface area contributed by atoms with E-state index in [0.717, 1.165) is 47.8 Å². The molecule has 0 spiro atoms. The van der Waals surface area contributed by atoms with Crippen LogP contribution in [-0.4, -0.2) is 17.9 Å². The van der Waals surface area contributed by atoms with E-state index in [-0.39, 0.29) is 11.7 Å². The fourth-order valence-corrected chi connectivity index (χ4v) is 3.65. The normalized spacial score (nSPS) is 16.0. The Balaban J connectivity index is 1.44. The number of hydrogen-bond acceptors (Lipinski definition) is 4. The second-order valence-corrected chi connectivity index (χ2v) is 9.26. The van der Waals surface area contributed by atoms with Crippen molar-refractivity contribution in [3.8, 4) is 11.5 Å². The molecule has 0 radical (unpaired) electrons. The SMILES string of the molecule is CCCCCCCCOc1ccc(C2=NO[C@H](c3ccc(OC(C)(C)C)cc3)C2)cc1. The van der Waals surface area contributed by atoms with Gasteiger partial charge in [0.15, 0.2) is 6.10 Å². The van der Waals surface area contributed by atoms with E-state index in [1.54, 1.807) is 0 Å². The third kappa shape index (κ3) is 7.61. The molecule has 4 heteroatoms. The van der Waals surface area contributed by atoms with Crippen molar-refractivity contribution in [2.75, 3.05) is 6.61 Å². The minimum absolute atomic E-state index is 0.0534. The van der Waals surface area contributed by atoms with Crippen molar-refractivity contribution in [3.63, 3.8) is 0 Å². The molecule has 1 atom stereocenters. The van der Waals surface area contributed by atoms with E-state index in [2.05, 4.69) is 36.3 Å². The number of ether oxygens (including phenoxy) is 2. The van der Waals surface area contributed by atoms with Gasteiger partial charge in [-0.25, -0.2) is 0 Å². The Hall–Kier alpha value is -2.49. The first-order chi connectivity index (χ1) is 14.9. The number of unbranched alkanes of at least 4 members (excludes halogenated alkanes) is 5. The second kappa shape index (κ2) is 11.2. The Morgan fingerprint density at radius 3 is 2.19 bits per heavy atom. The molecule has 0 amide bonds. The monoisotopic (exact) mass is 423 g/mol. The predicted molar refractivity (Wildman–Crippen MR) is 127 cm³/mol. The van der Waals surface area contributed by atoms with Crippen LogP contribution in [0.3, 0.4) is 0 Å². The lowest BCUT2D eigenvalue weighted by atomic mass is 10.00. The molecule has 0 saturated heterocycles. The molecule has 168 valence electrons. The van der Waals surface area contributed by atoms with E-state index >= 15 is 0 Å². The van der Waals surface area contributed by atoms with Crippen LogP contribution in [0.4, 0.5) is 0 Å². The lowest BCUT2D eigenvalue weighted by Crippen LogP contribution is -2.22. The van der Waals surface area contributed by atoms with Gasteiger partial charge in [-0.05, 0) is 74.7 Å². The average molecular weight is 424 g/mol. The Bertz CT molecular complexity index is 819. The molecule has 4 nitrogen and oxygen atoms in total. The first kappa shape index (κ1) is 23.2. The molecule has 0 aromatic heterocycles. The first-order valence-electron chi connectivity index (χ1n) is 11.7. The van der Waals surface area contributed by atoms with Gasteiger partial charge in [-0.3, -0.25) is 0 Å². The second-order valence-electron chi connectivity index (χ2n) is 9.26. The van der Waals surface area contributed by atoms with Crippen molar-refractivity contribution in [1.29, 1.82) is 0 Å². The summed E-state index contributed by atoms with van der Waals surface area (Å²) in [5, 5.41) is 4.33. The Labute approximate surface area is 187 Å². The molecule has 0 unspecified atom stereocenters. The van der Waals surface area contributed by atoms with E-state index < -0.39 is 0 Å². The zero-order valence-electron chi connectivity index (χ0n) is 19.5. The van der Waals surface area contributed by atoms with Crippen LogP contribution in [0, 0.1) is 0 Å². The zero-order chi connectivity index (χ0) is 22.1. The topological polar surface area (TPSA) is 40.0 Å². The summed E-state index contributed by atoms with van der Waals surface area (Å²) in [6, 6.07) is 16.3. The molecule has 1 aliphatic heterocycles. The molecule has 0 aliphatic carbocycles. The summed E-state index contributed by atoms with van der Waals surface area (Å²) in [6.45, 7) is 9.17. The molecule has 31 heavy (non-hydrogen) atoms. The van der Waals surface area contributed by atoms with Crippen molar-refractivity contribution in [2.24, 2.45) is 5.16 Å². The van der Waals surface area contributed by atoms with Crippen molar-refractivity contribution < 1.29 is 14.3 Å². The van der Waals surface area contributed by atoms with Gasteiger partial charge in [0.05, 0.1) is 12.3 Å². The highest BCUT2D eigenvalue weighted by atomic mass is 16.6. The van der Waals surface area contributed by atoms with Gasteiger partial charge in [0.2, 0.25) is 0 Å². The Morgan fingerprint density at radius 2 is 1.52 bits per heavy atom. The predicted octanol–water partition coefficient (Wildman–Crippen LogP) is 7.47. The number of oxime groups is 1. The van der Waals surface area contributed by atoms with Crippen LogP contribution < -0.4 is 9.47 Å². The standard InChI is InChI=1S/C27H37NO3/c1-5-6-7-8-9-10-19-29-23-15-11-21(12-16-23)25-20-26(31-28-25)22-13-17-24(18-14-22)30-27(2,3)4/h11-18,26H,5-10,19-20H2,1-4H3/t26-/m0/s1. The van der Waals surface area contributed by atoms with Gasteiger partial charge in [-0.1, -0.05) is 56.3 Å². The lowest BCUT2D eigenvalue weighted by Gasteiger charge is -2.21. The summed E-state index contributed by atoms with van der Waals surface area (Å²) in [6.07, 6.45) is 8.35. The average Bonchev–Trinajstić information content (AvgIpc) is 3.23. The molecule has 0 N–H and O–H groups in total. The first-order valence-corrected chi connectivity index (χ1v) is 11.7. The molecule has 0 saturated carbocycles. The number of hydrogen-bond donors (Lipinski definition) is 0. The lowest BCUT2D eigenvalue weighted by molar-refractivity contribution is 0.0855. The van der Waals surface area contributed by atoms with Crippen LogP contribution in [0.25, 0.3) is 0 Å². The molecule has 3 rings (SSSR count). The van der Waals surface area contributed by atoms with Crippen LogP contribution in [0.5, 0.6) is 11.5 Å². The maximum Gasteiger partial charge on any atom is 0.158 e. The molecular formula is C27H37NO3. The van der Waals surface area contributed by atoms with E-state index in [4.69, 9.17) is 14.3 Å². The fraction of sp³-hybridized carbons (Fsp3) is 0.519. The van der Waals surface area contributed by atoms with Crippen LogP contribution in [-0.2, 0) is 4.84 Å². The van der Waals surface area contributed by atoms with E-state index in [9.17, 15) is 0 Å². The largest absolute Gasteiger partial charge is 0.494 e. The summed E-state index contributed by atoms with van der Waals surface area (Å²) in [4.78, 5) is 5.71.